The van der Waals surface area contributed by atoms with Crippen molar-refractivity contribution >= 4 is 22.2 Å². The van der Waals surface area contributed by atoms with Gasteiger partial charge in [-0.1, -0.05) is 11.2 Å². The number of thiophene rings is 1. The molecule has 9 heteroatoms. The van der Waals surface area contributed by atoms with E-state index in [1.807, 2.05) is 17.5 Å². The van der Waals surface area contributed by atoms with E-state index in [2.05, 4.69) is 15.1 Å². The second-order valence-electron chi connectivity index (χ2n) is 5.56. The molecule has 8 nitrogen and oxygen atoms in total. The molecule has 0 spiro atoms. The first-order valence-electron chi connectivity index (χ1n) is 7.64. The van der Waals surface area contributed by atoms with Gasteiger partial charge in [-0.15, -0.1) is 11.3 Å². The number of nitrogens with zero attached hydrogens (tertiary/aromatic N) is 4. The third-order valence-corrected chi connectivity index (χ3v) is 4.71. The van der Waals surface area contributed by atoms with Gasteiger partial charge in [-0.3, -0.25) is 9.59 Å². The first-order valence-corrected chi connectivity index (χ1v) is 8.52. The Morgan fingerprint density at radius 1 is 1.35 bits per heavy atom. The van der Waals surface area contributed by atoms with E-state index in [4.69, 9.17) is 9.78 Å². The zero-order chi connectivity index (χ0) is 18.1. The summed E-state index contributed by atoms with van der Waals surface area (Å²) >= 11 is 1.61. The monoisotopic (exact) mass is 365 g/mol. The second kappa shape index (κ2) is 6.42. The smallest absolute Gasteiger partial charge is 0.266 e. The van der Waals surface area contributed by atoms with Gasteiger partial charge in [-0.05, 0) is 23.6 Å². The molecule has 0 saturated carbocycles. The van der Waals surface area contributed by atoms with Gasteiger partial charge in [0.1, 0.15) is 18.2 Å². The highest BCUT2D eigenvalue weighted by molar-refractivity contribution is 7.09. The molecule has 0 aromatic carbocycles. The van der Waals surface area contributed by atoms with Gasteiger partial charge in [0, 0.05) is 17.5 Å². The molecule has 0 unspecified atom stereocenters. The van der Waals surface area contributed by atoms with Gasteiger partial charge in [0.15, 0.2) is 5.82 Å². The summed E-state index contributed by atoms with van der Waals surface area (Å²) in [5, 5.41) is 15.1. The lowest BCUT2D eigenvalue weighted by atomic mass is 10.2. The Morgan fingerprint density at radius 3 is 3.00 bits per heavy atom. The van der Waals surface area contributed by atoms with Crippen molar-refractivity contribution in [3.63, 3.8) is 0 Å². The molecule has 0 fully saturated rings. The number of rotatable bonds is 4. The Morgan fingerprint density at radius 2 is 2.23 bits per heavy atom. The number of fused-ring (bicyclic) bond motifs is 1. The number of hydrogen-bond acceptors (Lipinski definition) is 7. The molecule has 0 aliphatic carbocycles. The minimum Gasteiger partial charge on any atom is -0.337 e. The number of hydrogen-bond donors (Lipinski definition) is 1. The molecule has 128 valence electrons. The van der Waals surface area contributed by atoms with Crippen molar-refractivity contribution in [2.24, 2.45) is 0 Å². The molecule has 0 radical (unpaired) electrons. The van der Waals surface area contributed by atoms with Crippen LogP contribution in [0.3, 0.4) is 0 Å². The van der Waals surface area contributed by atoms with E-state index >= 15 is 0 Å². The fourth-order valence-electron chi connectivity index (χ4n) is 2.59. The molecule has 4 heterocycles. The van der Waals surface area contributed by atoms with E-state index in [1.165, 1.54) is 16.8 Å². The van der Waals surface area contributed by atoms with Gasteiger partial charge in [0.05, 0.1) is 10.9 Å². The summed E-state index contributed by atoms with van der Waals surface area (Å²) in [5.41, 5.74) is -0.608. The van der Waals surface area contributed by atoms with Gasteiger partial charge in [0.2, 0.25) is 5.89 Å². The summed E-state index contributed by atoms with van der Waals surface area (Å²) in [6, 6.07) is 8.61. The number of nitrogens with one attached hydrogen (secondary N) is 1. The summed E-state index contributed by atoms with van der Waals surface area (Å²) in [5.74, 6) is 0.857. The summed E-state index contributed by atoms with van der Waals surface area (Å²) in [4.78, 5) is 32.2. The lowest BCUT2D eigenvalue weighted by Crippen LogP contribution is -2.22. The van der Waals surface area contributed by atoms with E-state index in [0.717, 1.165) is 4.88 Å². The number of nitriles is 1. The van der Waals surface area contributed by atoms with Crippen LogP contribution in [0.5, 0.6) is 0 Å². The summed E-state index contributed by atoms with van der Waals surface area (Å²) in [6.07, 6.45) is 2.11. The predicted molar refractivity (Wildman–Crippen MR) is 94.1 cm³/mol. The van der Waals surface area contributed by atoms with Crippen LogP contribution < -0.4 is 11.1 Å². The van der Waals surface area contributed by atoms with Crippen LogP contribution in [-0.4, -0.2) is 19.7 Å². The van der Waals surface area contributed by atoms with Crippen molar-refractivity contribution in [1.82, 2.24) is 19.7 Å². The molecule has 4 rings (SSSR count). The number of aromatic nitrogens is 4. The summed E-state index contributed by atoms with van der Waals surface area (Å²) in [7, 11) is 0. The normalized spacial score (nSPS) is 10.9. The maximum atomic E-state index is 12.6. The molecule has 0 amide bonds. The van der Waals surface area contributed by atoms with Gasteiger partial charge < -0.3 is 14.1 Å². The lowest BCUT2D eigenvalue weighted by molar-refractivity contribution is 0.365. The molecular formula is C17H11N5O3S. The van der Waals surface area contributed by atoms with Crippen LogP contribution >= 0.6 is 11.3 Å². The third kappa shape index (κ3) is 2.94. The molecule has 0 aliphatic rings. The van der Waals surface area contributed by atoms with E-state index in [0.29, 0.717) is 23.7 Å². The Bertz CT molecular complexity index is 1240. The predicted octanol–water partition coefficient (Wildman–Crippen LogP) is 1.65. The fourth-order valence-corrected chi connectivity index (χ4v) is 3.29. The molecule has 1 N–H and O–H groups in total. The van der Waals surface area contributed by atoms with Crippen molar-refractivity contribution in [1.29, 1.82) is 5.26 Å². The number of H-pyrrole nitrogens is 1. The van der Waals surface area contributed by atoms with Gasteiger partial charge in [0.25, 0.3) is 11.1 Å². The fraction of sp³-hybridized carbons (Fsp3) is 0.118. The van der Waals surface area contributed by atoms with Crippen molar-refractivity contribution in [2.45, 2.75) is 13.0 Å². The molecule has 0 saturated heterocycles. The quantitative estimate of drug-likeness (QED) is 0.587. The maximum absolute atomic E-state index is 12.6. The Hall–Kier alpha value is -3.51. The standard InChI is InChI=1S/C17H11N5O3S/c18-8-10-6-12-13(19-16(10)23)3-4-22(17(12)24)9-15-20-14(21-25-15)7-11-2-1-5-26-11/h1-6H,7,9H2,(H,19,23). The van der Waals surface area contributed by atoms with E-state index in [9.17, 15) is 9.59 Å². The van der Waals surface area contributed by atoms with E-state index < -0.39 is 5.56 Å². The molecule has 0 aliphatic heterocycles. The van der Waals surface area contributed by atoms with Gasteiger partial charge >= 0.3 is 0 Å². The number of pyridine rings is 2. The van der Waals surface area contributed by atoms with Crippen LogP contribution in [0.2, 0.25) is 0 Å². The average molecular weight is 365 g/mol. The Kier molecular flexibility index (Phi) is 3.95. The average Bonchev–Trinajstić information content (AvgIpc) is 3.30. The highest BCUT2D eigenvalue weighted by atomic mass is 32.1. The van der Waals surface area contributed by atoms with Crippen molar-refractivity contribution in [3.8, 4) is 6.07 Å². The zero-order valence-electron chi connectivity index (χ0n) is 13.3. The summed E-state index contributed by atoms with van der Waals surface area (Å²) < 4.78 is 6.62. The van der Waals surface area contributed by atoms with E-state index in [-0.39, 0.29) is 23.1 Å². The van der Waals surface area contributed by atoms with Gasteiger partial charge in [-0.2, -0.15) is 10.2 Å². The molecule has 0 atom stereocenters. The highest BCUT2D eigenvalue weighted by Crippen LogP contribution is 2.13. The summed E-state index contributed by atoms with van der Waals surface area (Å²) in [6.45, 7) is 0.104. The van der Waals surface area contributed by atoms with Crippen LogP contribution in [0.1, 0.15) is 22.2 Å². The van der Waals surface area contributed by atoms with Gasteiger partial charge in [-0.25, -0.2) is 0 Å². The van der Waals surface area contributed by atoms with Crippen LogP contribution in [0, 0.1) is 11.3 Å². The van der Waals surface area contributed by atoms with Crippen LogP contribution in [-0.2, 0) is 13.0 Å². The van der Waals surface area contributed by atoms with Crippen molar-refractivity contribution < 1.29 is 4.52 Å². The lowest BCUT2D eigenvalue weighted by Gasteiger charge is -2.04. The van der Waals surface area contributed by atoms with Crippen LogP contribution in [0.25, 0.3) is 10.9 Å². The second-order valence-corrected chi connectivity index (χ2v) is 6.59. The Labute approximate surface area is 150 Å². The Balaban J connectivity index is 1.65. The first-order chi connectivity index (χ1) is 12.6. The van der Waals surface area contributed by atoms with E-state index in [1.54, 1.807) is 23.5 Å². The first kappa shape index (κ1) is 16.0. The maximum Gasteiger partial charge on any atom is 0.266 e. The molecule has 4 aromatic rings. The SMILES string of the molecule is N#Cc1cc2c(=O)n(Cc3nc(Cc4cccs4)no3)ccc2[nH]c1=O. The third-order valence-electron chi connectivity index (χ3n) is 3.83. The topological polar surface area (TPSA) is 118 Å². The zero-order valence-corrected chi connectivity index (χ0v) is 14.1. The van der Waals surface area contributed by atoms with Crippen LogP contribution in [0.15, 0.2) is 50.0 Å². The largest absolute Gasteiger partial charge is 0.337 e. The molecule has 4 aromatic heterocycles. The molecular weight excluding hydrogens is 354 g/mol. The number of aromatic amines is 1. The van der Waals surface area contributed by atoms with Crippen molar-refractivity contribution in [2.75, 3.05) is 0 Å². The molecule has 26 heavy (non-hydrogen) atoms. The minimum absolute atomic E-state index is 0.104. The molecule has 0 bridgehead atoms. The highest BCUT2D eigenvalue weighted by Gasteiger charge is 2.12. The minimum atomic E-state index is -0.521. The van der Waals surface area contributed by atoms with Crippen molar-refractivity contribution in [3.05, 3.63) is 78.7 Å². The van der Waals surface area contributed by atoms with Crippen LogP contribution in [0.4, 0.5) is 0 Å².